The maximum atomic E-state index is 11.6. The summed E-state index contributed by atoms with van der Waals surface area (Å²) in [5, 5.41) is 5.92. The van der Waals surface area contributed by atoms with Gasteiger partial charge in [-0.2, -0.15) is 0 Å². The summed E-state index contributed by atoms with van der Waals surface area (Å²) >= 11 is 0. The van der Waals surface area contributed by atoms with Gasteiger partial charge in [0.05, 0.1) is 0 Å². The number of hydrogen-bond acceptors (Lipinski definition) is 4. The van der Waals surface area contributed by atoms with Crippen LogP contribution in [0.2, 0.25) is 0 Å². The van der Waals surface area contributed by atoms with E-state index in [9.17, 15) is 4.79 Å². The van der Waals surface area contributed by atoms with Crippen LogP contribution in [0.1, 0.15) is 26.3 Å². The topological polar surface area (TPSA) is 76.4 Å². The van der Waals surface area contributed by atoms with Crippen LogP contribution in [0.4, 0.5) is 21.9 Å². The molecule has 98 valence electrons. The number of ether oxygens (including phenoxy) is 1. The summed E-state index contributed by atoms with van der Waals surface area (Å²) in [5.41, 5.74) is 8.88. The lowest BCUT2D eigenvalue weighted by molar-refractivity contribution is 0.0636. The Morgan fingerprint density at radius 3 is 2.83 bits per heavy atom. The van der Waals surface area contributed by atoms with E-state index in [1.165, 1.54) is 0 Å². The second-order valence-corrected chi connectivity index (χ2v) is 5.40. The van der Waals surface area contributed by atoms with E-state index < -0.39 is 11.7 Å². The zero-order chi connectivity index (χ0) is 13.3. The third-order valence-electron chi connectivity index (χ3n) is 2.62. The molecule has 1 aliphatic rings. The van der Waals surface area contributed by atoms with E-state index in [-0.39, 0.29) is 0 Å². The van der Waals surface area contributed by atoms with Crippen molar-refractivity contribution < 1.29 is 9.53 Å². The molecular formula is C13H19N3O2. The second-order valence-electron chi connectivity index (χ2n) is 5.40. The van der Waals surface area contributed by atoms with Gasteiger partial charge in [0, 0.05) is 29.2 Å². The molecule has 18 heavy (non-hydrogen) atoms. The van der Waals surface area contributed by atoms with Crippen molar-refractivity contribution in [3.8, 4) is 0 Å². The number of nitrogen functional groups attached to an aromatic ring is 1. The number of fused-ring (bicyclic) bond motifs is 1. The zero-order valence-electron chi connectivity index (χ0n) is 11.0. The van der Waals surface area contributed by atoms with Crippen molar-refractivity contribution >= 4 is 23.2 Å². The minimum Gasteiger partial charge on any atom is -0.444 e. The molecular weight excluding hydrogens is 230 g/mol. The first-order chi connectivity index (χ1) is 8.35. The molecule has 5 heteroatoms. The number of anilines is 3. The first-order valence-corrected chi connectivity index (χ1v) is 6.01. The Morgan fingerprint density at radius 1 is 1.44 bits per heavy atom. The summed E-state index contributed by atoms with van der Waals surface area (Å²) in [6.07, 6.45) is 0.452. The molecule has 0 bridgehead atoms. The van der Waals surface area contributed by atoms with Crippen LogP contribution in [0.5, 0.6) is 0 Å². The SMILES string of the molecule is CC(C)(C)OC(=O)Nc1cc(N)c2c(c1)NCC2. The van der Waals surface area contributed by atoms with Crippen molar-refractivity contribution in [1.82, 2.24) is 0 Å². The minimum absolute atomic E-state index is 0.472. The number of nitrogens with two attached hydrogens (primary N) is 1. The lowest BCUT2D eigenvalue weighted by Crippen LogP contribution is -2.27. The Morgan fingerprint density at radius 2 is 2.17 bits per heavy atom. The van der Waals surface area contributed by atoms with Gasteiger partial charge in [0.1, 0.15) is 5.60 Å². The lowest BCUT2D eigenvalue weighted by Gasteiger charge is -2.20. The van der Waals surface area contributed by atoms with Gasteiger partial charge in [-0.05, 0) is 39.3 Å². The first kappa shape index (κ1) is 12.5. The molecule has 1 aromatic rings. The quantitative estimate of drug-likeness (QED) is 0.669. The highest BCUT2D eigenvalue weighted by atomic mass is 16.6. The van der Waals surface area contributed by atoms with Gasteiger partial charge in [-0.25, -0.2) is 4.79 Å². The summed E-state index contributed by atoms with van der Waals surface area (Å²) in [7, 11) is 0. The summed E-state index contributed by atoms with van der Waals surface area (Å²) in [6, 6.07) is 3.64. The molecule has 0 aromatic heterocycles. The molecule has 0 radical (unpaired) electrons. The third kappa shape index (κ3) is 2.85. The average Bonchev–Trinajstić information content (AvgIpc) is 2.62. The third-order valence-corrected chi connectivity index (χ3v) is 2.62. The molecule has 0 atom stereocenters. The predicted molar refractivity (Wildman–Crippen MR) is 72.9 cm³/mol. The first-order valence-electron chi connectivity index (χ1n) is 6.01. The van der Waals surface area contributed by atoms with E-state index in [4.69, 9.17) is 10.5 Å². The Kier molecular flexibility index (Phi) is 3.07. The zero-order valence-corrected chi connectivity index (χ0v) is 11.0. The van der Waals surface area contributed by atoms with Crippen LogP contribution in [0.3, 0.4) is 0 Å². The van der Waals surface area contributed by atoms with Crippen LogP contribution < -0.4 is 16.4 Å². The van der Waals surface area contributed by atoms with Gasteiger partial charge in [0.25, 0.3) is 0 Å². The van der Waals surface area contributed by atoms with Gasteiger partial charge >= 0.3 is 6.09 Å². The van der Waals surface area contributed by atoms with Gasteiger partial charge in [-0.15, -0.1) is 0 Å². The molecule has 1 aliphatic heterocycles. The number of hydrogen-bond donors (Lipinski definition) is 3. The maximum Gasteiger partial charge on any atom is 0.412 e. The summed E-state index contributed by atoms with van der Waals surface area (Å²) in [6.45, 7) is 6.36. The van der Waals surface area contributed by atoms with Crippen molar-refractivity contribution in [2.75, 3.05) is 22.9 Å². The lowest BCUT2D eigenvalue weighted by atomic mass is 10.1. The van der Waals surface area contributed by atoms with Crippen molar-refractivity contribution in [3.63, 3.8) is 0 Å². The molecule has 0 saturated carbocycles. The molecule has 4 N–H and O–H groups in total. The molecule has 0 aliphatic carbocycles. The van der Waals surface area contributed by atoms with Crippen molar-refractivity contribution in [2.24, 2.45) is 0 Å². The normalized spacial score (nSPS) is 13.7. The predicted octanol–water partition coefficient (Wildman–Crippen LogP) is 2.58. The van der Waals surface area contributed by atoms with Crippen LogP contribution in [-0.4, -0.2) is 18.2 Å². The fourth-order valence-corrected chi connectivity index (χ4v) is 1.95. The van der Waals surface area contributed by atoms with Crippen LogP contribution in [0.25, 0.3) is 0 Å². The van der Waals surface area contributed by atoms with E-state index in [2.05, 4.69) is 10.6 Å². The Labute approximate surface area is 107 Å². The highest BCUT2D eigenvalue weighted by Crippen LogP contribution is 2.31. The molecule has 0 fully saturated rings. The van der Waals surface area contributed by atoms with Gasteiger partial charge in [-0.1, -0.05) is 0 Å². The number of rotatable bonds is 1. The van der Waals surface area contributed by atoms with E-state index in [1.54, 1.807) is 6.07 Å². The van der Waals surface area contributed by atoms with E-state index in [0.717, 1.165) is 24.2 Å². The average molecular weight is 249 g/mol. The van der Waals surface area contributed by atoms with Gasteiger partial charge < -0.3 is 15.8 Å². The van der Waals surface area contributed by atoms with Crippen LogP contribution in [0.15, 0.2) is 12.1 Å². The summed E-state index contributed by atoms with van der Waals surface area (Å²) in [5.74, 6) is 0. The van der Waals surface area contributed by atoms with Crippen molar-refractivity contribution in [2.45, 2.75) is 32.8 Å². The smallest absolute Gasteiger partial charge is 0.412 e. The minimum atomic E-state index is -0.509. The monoisotopic (exact) mass is 249 g/mol. The highest BCUT2D eigenvalue weighted by Gasteiger charge is 2.18. The molecule has 1 aromatic carbocycles. The Hall–Kier alpha value is -1.91. The summed E-state index contributed by atoms with van der Waals surface area (Å²) in [4.78, 5) is 11.6. The van der Waals surface area contributed by atoms with Crippen LogP contribution in [-0.2, 0) is 11.2 Å². The highest BCUT2D eigenvalue weighted by molar-refractivity contribution is 5.88. The number of amides is 1. The fraction of sp³-hybridized carbons (Fsp3) is 0.462. The molecule has 2 rings (SSSR count). The maximum absolute atomic E-state index is 11.6. The van der Waals surface area contributed by atoms with Gasteiger partial charge in [0.15, 0.2) is 0 Å². The number of carbonyl (C=O) groups excluding carboxylic acids is 1. The number of benzene rings is 1. The fourth-order valence-electron chi connectivity index (χ4n) is 1.95. The van der Waals surface area contributed by atoms with E-state index >= 15 is 0 Å². The van der Waals surface area contributed by atoms with Crippen LogP contribution in [0, 0.1) is 0 Å². The van der Waals surface area contributed by atoms with Crippen LogP contribution >= 0.6 is 0 Å². The standard InChI is InChI=1S/C13H19N3O2/c1-13(2,3)18-12(17)16-8-6-10(14)9-4-5-15-11(9)7-8/h6-7,15H,4-5,14H2,1-3H3,(H,16,17). The van der Waals surface area contributed by atoms with Crippen molar-refractivity contribution in [3.05, 3.63) is 17.7 Å². The molecule has 0 unspecified atom stereocenters. The van der Waals surface area contributed by atoms with Crippen molar-refractivity contribution in [1.29, 1.82) is 0 Å². The summed E-state index contributed by atoms with van der Waals surface area (Å²) < 4.78 is 5.19. The molecule has 0 saturated heterocycles. The largest absolute Gasteiger partial charge is 0.444 e. The number of carbonyl (C=O) groups is 1. The van der Waals surface area contributed by atoms with Gasteiger partial charge in [-0.3, -0.25) is 5.32 Å². The van der Waals surface area contributed by atoms with E-state index in [0.29, 0.717) is 11.4 Å². The molecule has 0 spiro atoms. The number of nitrogens with one attached hydrogen (secondary N) is 2. The molecule has 1 amide bonds. The van der Waals surface area contributed by atoms with Gasteiger partial charge in [0.2, 0.25) is 0 Å². The molecule has 5 nitrogen and oxygen atoms in total. The van der Waals surface area contributed by atoms with E-state index in [1.807, 2.05) is 26.8 Å². The molecule has 1 heterocycles. The second kappa shape index (κ2) is 4.40. The Bertz CT molecular complexity index is 478. The Balaban J connectivity index is 2.11.